The molecule has 33 heavy (non-hydrogen) atoms. The fourth-order valence-electron chi connectivity index (χ4n) is 4.37. The number of hydrogen-bond acceptors (Lipinski definition) is 6. The van der Waals surface area contributed by atoms with Crippen LogP contribution in [0.5, 0.6) is 0 Å². The van der Waals surface area contributed by atoms with Crippen LogP contribution >= 0.6 is 0 Å². The van der Waals surface area contributed by atoms with Crippen LogP contribution < -0.4 is 5.56 Å². The van der Waals surface area contributed by atoms with Gasteiger partial charge in [-0.1, -0.05) is 12.1 Å². The lowest BCUT2D eigenvalue weighted by atomic mass is 10.0. The van der Waals surface area contributed by atoms with Crippen LogP contribution in [0.2, 0.25) is 0 Å². The Hall–Kier alpha value is -3.95. The molecule has 9 nitrogen and oxygen atoms in total. The van der Waals surface area contributed by atoms with E-state index in [1.807, 2.05) is 0 Å². The highest BCUT2D eigenvalue weighted by Crippen LogP contribution is 2.27. The minimum atomic E-state index is -0.577. The van der Waals surface area contributed by atoms with Gasteiger partial charge in [-0.3, -0.25) is 19.4 Å². The number of hydrogen-bond donors (Lipinski definition) is 1. The molecule has 1 fully saturated rings. The summed E-state index contributed by atoms with van der Waals surface area (Å²) < 4.78 is 14.1. The number of halogens is 1. The second kappa shape index (κ2) is 8.53. The third-order valence-electron chi connectivity index (χ3n) is 6.13. The Morgan fingerprint density at radius 2 is 1.94 bits per heavy atom. The molecule has 0 radical (unpaired) electrons. The van der Waals surface area contributed by atoms with Crippen LogP contribution in [0.3, 0.4) is 0 Å². The van der Waals surface area contributed by atoms with Crippen molar-refractivity contribution in [3.8, 4) is 0 Å². The van der Waals surface area contributed by atoms with Gasteiger partial charge >= 0.3 is 0 Å². The number of rotatable bonds is 3. The number of nitrogens with zero attached hydrogens (tertiary/aromatic N) is 5. The van der Waals surface area contributed by atoms with Crippen LogP contribution in [0.1, 0.15) is 50.3 Å². The maximum absolute atomic E-state index is 14.1. The maximum atomic E-state index is 14.1. The number of fused-ring (bicyclic) bond motifs is 1. The van der Waals surface area contributed by atoms with Crippen molar-refractivity contribution < 1.29 is 14.0 Å². The van der Waals surface area contributed by atoms with Gasteiger partial charge in [0.1, 0.15) is 17.3 Å². The predicted molar refractivity (Wildman–Crippen MR) is 115 cm³/mol. The quantitative estimate of drug-likeness (QED) is 0.650. The molecule has 2 amide bonds. The maximum Gasteiger partial charge on any atom is 0.274 e. The molecular formula is C23H21FN6O3. The summed E-state index contributed by atoms with van der Waals surface area (Å²) in [6, 6.07) is 5.85. The van der Waals surface area contributed by atoms with E-state index in [0.29, 0.717) is 49.6 Å². The number of amides is 2. The Morgan fingerprint density at radius 1 is 1.09 bits per heavy atom. The second-order valence-electron chi connectivity index (χ2n) is 8.16. The topological polar surface area (TPSA) is 112 Å². The normalized spacial score (nSPS) is 17.7. The van der Waals surface area contributed by atoms with E-state index in [0.717, 1.165) is 0 Å². The van der Waals surface area contributed by atoms with E-state index >= 15 is 0 Å². The molecule has 1 atom stereocenters. The Balaban J connectivity index is 1.35. The van der Waals surface area contributed by atoms with E-state index in [2.05, 4.69) is 19.9 Å². The average Bonchev–Trinajstić information content (AvgIpc) is 3.34. The first kappa shape index (κ1) is 20.9. The lowest BCUT2D eigenvalue weighted by Gasteiger charge is -2.28. The first-order valence-corrected chi connectivity index (χ1v) is 10.7. The highest BCUT2D eigenvalue weighted by Gasteiger charge is 2.32. The Labute approximate surface area is 188 Å². The fraction of sp³-hybridized carbons (Fsp3) is 0.304. The van der Waals surface area contributed by atoms with E-state index in [1.165, 1.54) is 41.7 Å². The van der Waals surface area contributed by atoms with E-state index in [-0.39, 0.29) is 35.2 Å². The van der Waals surface area contributed by atoms with E-state index < -0.39 is 11.7 Å². The summed E-state index contributed by atoms with van der Waals surface area (Å²) in [5, 5.41) is 0. The van der Waals surface area contributed by atoms with Crippen LogP contribution in [0, 0.1) is 5.82 Å². The molecule has 168 valence electrons. The summed E-state index contributed by atoms with van der Waals surface area (Å²) in [5.41, 5.74) is 1.10. The van der Waals surface area contributed by atoms with E-state index in [9.17, 15) is 18.8 Å². The molecule has 5 rings (SSSR count). The molecule has 1 saturated heterocycles. The van der Waals surface area contributed by atoms with Crippen molar-refractivity contribution in [1.29, 1.82) is 0 Å². The summed E-state index contributed by atoms with van der Waals surface area (Å²) >= 11 is 0. The van der Waals surface area contributed by atoms with Gasteiger partial charge in [0, 0.05) is 43.5 Å². The minimum Gasteiger partial charge on any atom is -0.337 e. The van der Waals surface area contributed by atoms with E-state index in [1.54, 1.807) is 11.0 Å². The molecule has 0 unspecified atom stereocenters. The number of carbonyl (C=O) groups is 2. The Morgan fingerprint density at radius 3 is 2.73 bits per heavy atom. The van der Waals surface area contributed by atoms with Crippen LogP contribution in [0.15, 0.2) is 47.7 Å². The second-order valence-corrected chi connectivity index (χ2v) is 8.16. The minimum absolute atomic E-state index is 0.0000256. The van der Waals surface area contributed by atoms with E-state index in [4.69, 9.17) is 0 Å². The number of benzene rings is 1. The molecular weight excluding hydrogens is 427 g/mol. The van der Waals surface area contributed by atoms with Crippen LogP contribution in [0.4, 0.5) is 4.39 Å². The first-order valence-electron chi connectivity index (χ1n) is 10.7. The summed E-state index contributed by atoms with van der Waals surface area (Å²) in [6.07, 6.45) is 5.39. The van der Waals surface area contributed by atoms with Crippen LogP contribution in [-0.4, -0.2) is 61.2 Å². The molecule has 3 aromatic rings. The molecule has 0 saturated carbocycles. The van der Waals surface area contributed by atoms with Crippen molar-refractivity contribution in [3.63, 3.8) is 0 Å². The highest BCUT2D eigenvalue weighted by molar-refractivity contribution is 5.94. The molecule has 2 aliphatic heterocycles. The Kier molecular flexibility index (Phi) is 5.41. The number of carbonyl (C=O) groups excluding carboxylic acids is 2. The highest BCUT2D eigenvalue weighted by atomic mass is 19.1. The summed E-state index contributed by atoms with van der Waals surface area (Å²) in [4.78, 5) is 56.9. The van der Waals surface area contributed by atoms with Crippen molar-refractivity contribution in [1.82, 2.24) is 29.7 Å². The number of aromatic nitrogens is 4. The van der Waals surface area contributed by atoms with Crippen molar-refractivity contribution in [3.05, 3.63) is 87.4 Å². The van der Waals surface area contributed by atoms with Gasteiger partial charge in [0.2, 0.25) is 0 Å². The molecule has 0 aliphatic carbocycles. The molecule has 0 bridgehead atoms. The van der Waals surface area contributed by atoms with Crippen molar-refractivity contribution in [2.75, 3.05) is 19.6 Å². The number of nitrogens with one attached hydrogen (secondary N) is 1. The zero-order valence-electron chi connectivity index (χ0n) is 17.7. The smallest absolute Gasteiger partial charge is 0.274 e. The number of H-pyrrole nitrogens is 1. The van der Waals surface area contributed by atoms with Crippen LogP contribution in [0.25, 0.3) is 0 Å². The third-order valence-corrected chi connectivity index (χ3v) is 6.13. The van der Waals surface area contributed by atoms with Gasteiger partial charge in [-0.05, 0) is 25.0 Å². The van der Waals surface area contributed by atoms with Gasteiger partial charge in [0.25, 0.3) is 17.4 Å². The lowest BCUT2D eigenvalue weighted by molar-refractivity contribution is 0.0724. The molecule has 2 aromatic heterocycles. The monoisotopic (exact) mass is 448 g/mol. The lowest BCUT2D eigenvalue weighted by Crippen LogP contribution is -2.40. The van der Waals surface area contributed by atoms with Crippen molar-refractivity contribution in [2.24, 2.45) is 0 Å². The predicted octanol–water partition coefficient (Wildman–Crippen LogP) is 1.53. The zero-order valence-corrected chi connectivity index (χ0v) is 17.7. The molecule has 2 aliphatic rings. The molecule has 0 spiro atoms. The largest absolute Gasteiger partial charge is 0.337 e. The van der Waals surface area contributed by atoms with Gasteiger partial charge in [-0.25, -0.2) is 14.4 Å². The molecule has 10 heteroatoms. The molecule has 1 N–H and O–H groups in total. The summed E-state index contributed by atoms with van der Waals surface area (Å²) in [6.45, 7) is 1.36. The van der Waals surface area contributed by atoms with Gasteiger partial charge in [-0.2, -0.15) is 0 Å². The van der Waals surface area contributed by atoms with Gasteiger partial charge in [0.15, 0.2) is 0 Å². The van der Waals surface area contributed by atoms with Crippen molar-refractivity contribution >= 4 is 11.8 Å². The average molecular weight is 448 g/mol. The van der Waals surface area contributed by atoms with Crippen molar-refractivity contribution in [2.45, 2.75) is 25.3 Å². The third kappa shape index (κ3) is 3.99. The molecule has 1 aromatic carbocycles. The number of likely N-dealkylation sites (tertiary alicyclic amines) is 1. The van der Waals surface area contributed by atoms with Gasteiger partial charge < -0.3 is 14.8 Å². The summed E-state index contributed by atoms with van der Waals surface area (Å²) in [7, 11) is 0. The van der Waals surface area contributed by atoms with Gasteiger partial charge in [-0.15, -0.1) is 0 Å². The van der Waals surface area contributed by atoms with Gasteiger partial charge in [0.05, 0.1) is 24.0 Å². The Bertz CT molecular complexity index is 1280. The van der Waals surface area contributed by atoms with Crippen LogP contribution in [-0.2, 0) is 13.0 Å². The summed E-state index contributed by atoms with van der Waals surface area (Å²) in [5.74, 6) is -0.863. The SMILES string of the molecule is O=C(c1cnccn1)N1CC[C@@H](c2nc3c(c(=O)[nH]2)CCN(C(=O)c2ccccc2F)C3)C1. The number of aromatic amines is 1. The standard InChI is InChI=1S/C23H21FN6O3/c24-17-4-2-1-3-15(17)22(32)30-10-6-16-19(13-30)27-20(28-21(16)31)14-5-9-29(12-14)23(33)18-11-25-7-8-26-18/h1-4,7-8,11,14H,5-6,9-10,12-13H2,(H,27,28,31)/t14-/m1/s1. The molecule has 4 heterocycles. The fourth-order valence-corrected chi connectivity index (χ4v) is 4.37. The zero-order chi connectivity index (χ0) is 22.9. The first-order chi connectivity index (χ1) is 16.0.